The van der Waals surface area contributed by atoms with E-state index in [1.165, 1.54) is 0 Å². The molecule has 0 radical (unpaired) electrons. The van der Waals surface area contributed by atoms with Gasteiger partial charge in [0.1, 0.15) is 17.1 Å². The number of carboxylic acids is 1. The molecule has 0 fully saturated rings. The van der Waals surface area contributed by atoms with Gasteiger partial charge in [0, 0.05) is 11.5 Å². The normalized spacial score (nSPS) is 10.8. The third-order valence-corrected chi connectivity index (χ3v) is 2.57. The second-order valence-electron chi connectivity index (χ2n) is 4.21. The van der Waals surface area contributed by atoms with E-state index in [9.17, 15) is 4.79 Å². The summed E-state index contributed by atoms with van der Waals surface area (Å²) >= 11 is 0. The van der Waals surface area contributed by atoms with Gasteiger partial charge in [0.25, 0.3) is 0 Å². The molecule has 17 heavy (non-hydrogen) atoms. The Labute approximate surface area is 99.7 Å². The van der Waals surface area contributed by atoms with Gasteiger partial charge in [0.15, 0.2) is 0 Å². The first-order valence-electron chi connectivity index (χ1n) is 5.52. The molecule has 0 saturated carbocycles. The second-order valence-corrected chi connectivity index (χ2v) is 4.21. The molecule has 1 aromatic heterocycles. The Morgan fingerprint density at radius 2 is 1.88 bits per heavy atom. The van der Waals surface area contributed by atoms with Gasteiger partial charge in [-0.15, -0.1) is 0 Å². The van der Waals surface area contributed by atoms with Crippen LogP contribution in [0.4, 0.5) is 0 Å². The zero-order valence-corrected chi connectivity index (χ0v) is 9.81. The molecule has 0 unspecified atom stereocenters. The summed E-state index contributed by atoms with van der Waals surface area (Å²) in [5.74, 6) is 0.237. The van der Waals surface area contributed by atoms with E-state index in [4.69, 9.17) is 9.52 Å². The Morgan fingerprint density at radius 3 is 2.35 bits per heavy atom. The summed E-state index contributed by atoms with van der Waals surface area (Å²) in [6.07, 6.45) is 0. The number of furan rings is 1. The van der Waals surface area contributed by atoms with Crippen molar-refractivity contribution in [3.05, 3.63) is 47.7 Å². The lowest BCUT2D eigenvalue weighted by atomic mass is 10.1. The minimum absolute atomic E-state index is 0.0542. The molecule has 2 rings (SSSR count). The van der Waals surface area contributed by atoms with Crippen molar-refractivity contribution in [1.29, 1.82) is 0 Å². The molecule has 1 heterocycles. The van der Waals surface area contributed by atoms with Crippen LogP contribution in [0.2, 0.25) is 0 Å². The molecule has 1 aromatic carbocycles. The number of aromatic carboxylic acids is 1. The molecule has 0 atom stereocenters. The third kappa shape index (κ3) is 2.23. The maximum absolute atomic E-state index is 11.1. The van der Waals surface area contributed by atoms with Crippen molar-refractivity contribution in [2.24, 2.45) is 0 Å². The van der Waals surface area contributed by atoms with Gasteiger partial charge in [0.05, 0.1) is 0 Å². The zero-order chi connectivity index (χ0) is 12.4. The average Bonchev–Trinajstić information content (AvgIpc) is 2.75. The predicted molar refractivity (Wildman–Crippen MR) is 65.2 cm³/mol. The lowest BCUT2D eigenvalue weighted by Gasteiger charge is -2.01. The van der Waals surface area contributed by atoms with Crippen molar-refractivity contribution < 1.29 is 14.3 Å². The van der Waals surface area contributed by atoms with Crippen molar-refractivity contribution in [2.45, 2.75) is 19.8 Å². The molecule has 0 amide bonds. The molecule has 0 aliphatic carbocycles. The van der Waals surface area contributed by atoms with Crippen molar-refractivity contribution >= 4 is 5.97 Å². The van der Waals surface area contributed by atoms with Crippen LogP contribution in [-0.2, 0) is 0 Å². The third-order valence-electron chi connectivity index (χ3n) is 2.57. The molecule has 0 spiro atoms. The van der Waals surface area contributed by atoms with E-state index in [0.717, 1.165) is 5.56 Å². The lowest BCUT2D eigenvalue weighted by Crippen LogP contribution is -1.99. The Hall–Kier alpha value is -2.03. The smallest absolute Gasteiger partial charge is 0.339 e. The van der Waals surface area contributed by atoms with Crippen LogP contribution in [0.1, 0.15) is 35.9 Å². The van der Waals surface area contributed by atoms with Gasteiger partial charge in [0.2, 0.25) is 0 Å². The predicted octanol–water partition coefficient (Wildman–Crippen LogP) is 3.77. The minimum atomic E-state index is -0.945. The Bertz CT molecular complexity index is 524. The van der Waals surface area contributed by atoms with Gasteiger partial charge in [-0.1, -0.05) is 44.2 Å². The molecule has 0 bridgehead atoms. The highest BCUT2D eigenvalue weighted by molar-refractivity contribution is 5.90. The highest BCUT2D eigenvalue weighted by atomic mass is 16.4. The molecule has 3 heteroatoms. The molecule has 0 aliphatic heterocycles. The summed E-state index contributed by atoms with van der Waals surface area (Å²) in [7, 11) is 0. The van der Waals surface area contributed by atoms with Crippen molar-refractivity contribution in [1.82, 2.24) is 0 Å². The second kappa shape index (κ2) is 4.45. The van der Waals surface area contributed by atoms with Crippen LogP contribution in [0.25, 0.3) is 11.3 Å². The maximum Gasteiger partial charge on any atom is 0.339 e. The van der Waals surface area contributed by atoms with Crippen LogP contribution >= 0.6 is 0 Å². The topological polar surface area (TPSA) is 50.4 Å². The van der Waals surface area contributed by atoms with Crippen molar-refractivity contribution in [3.8, 4) is 11.3 Å². The van der Waals surface area contributed by atoms with Gasteiger partial charge >= 0.3 is 5.97 Å². The van der Waals surface area contributed by atoms with E-state index in [0.29, 0.717) is 11.5 Å². The molecule has 1 N–H and O–H groups in total. The quantitative estimate of drug-likeness (QED) is 0.873. The van der Waals surface area contributed by atoms with Gasteiger partial charge in [-0.2, -0.15) is 0 Å². The first-order chi connectivity index (χ1) is 8.09. The Kier molecular flexibility index (Phi) is 3.00. The summed E-state index contributed by atoms with van der Waals surface area (Å²) in [5.41, 5.74) is 1.14. The van der Waals surface area contributed by atoms with E-state index in [1.54, 1.807) is 6.07 Å². The molecule has 0 aliphatic rings. The van der Waals surface area contributed by atoms with Crippen molar-refractivity contribution in [2.75, 3.05) is 0 Å². The average molecular weight is 230 g/mol. The van der Waals surface area contributed by atoms with Crippen LogP contribution in [0.15, 0.2) is 40.8 Å². The van der Waals surface area contributed by atoms with E-state index in [-0.39, 0.29) is 11.5 Å². The summed E-state index contributed by atoms with van der Waals surface area (Å²) in [5, 5.41) is 9.11. The van der Waals surface area contributed by atoms with Crippen LogP contribution in [0.3, 0.4) is 0 Å². The Balaban J connectivity index is 2.51. The van der Waals surface area contributed by atoms with Gasteiger partial charge in [-0.3, -0.25) is 0 Å². The SMILES string of the molecule is CC(C)c1oc(-c2ccccc2)cc1C(=O)O. The van der Waals surface area contributed by atoms with Crippen LogP contribution in [0, 0.1) is 0 Å². The summed E-state index contributed by atoms with van der Waals surface area (Å²) in [6.45, 7) is 3.83. The monoisotopic (exact) mass is 230 g/mol. The fourth-order valence-corrected chi connectivity index (χ4v) is 1.75. The summed E-state index contributed by atoms with van der Waals surface area (Å²) in [6, 6.07) is 11.1. The van der Waals surface area contributed by atoms with Crippen LogP contribution in [0.5, 0.6) is 0 Å². The standard InChI is InChI=1S/C14H14O3/c1-9(2)13-11(14(15)16)8-12(17-13)10-6-4-3-5-7-10/h3-9H,1-2H3,(H,15,16). The number of carboxylic acid groups (broad SMARTS) is 1. The minimum Gasteiger partial charge on any atom is -0.478 e. The number of benzene rings is 1. The van der Waals surface area contributed by atoms with Gasteiger partial charge in [-0.05, 0) is 6.07 Å². The molecular weight excluding hydrogens is 216 g/mol. The first-order valence-corrected chi connectivity index (χ1v) is 5.52. The van der Waals surface area contributed by atoms with Gasteiger partial charge < -0.3 is 9.52 Å². The molecule has 2 aromatic rings. The molecule has 88 valence electrons. The molecular formula is C14H14O3. The number of hydrogen-bond acceptors (Lipinski definition) is 2. The van der Waals surface area contributed by atoms with E-state index >= 15 is 0 Å². The highest BCUT2D eigenvalue weighted by Gasteiger charge is 2.19. The largest absolute Gasteiger partial charge is 0.478 e. The molecule has 3 nitrogen and oxygen atoms in total. The number of hydrogen-bond donors (Lipinski definition) is 1. The fourth-order valence-electron chi connectivity index (χ4n) is 1.75. The lowest BCUT2D eigenvalue weighted by molar-refractivity contribution is 0.0694. The molecule has 0 saturated heterocycles. The van der Waals surface area contributed by atoms with E-state index in [1.807, 2.05) is 44.2 Å². The summed E-state index contributed by atoms with van der Waals surface area (Å²) < 4.78 is 5.64. The number of rotatable bonds is 3. The van der Waals surface area contributed by atoms with E-state index < -0.39 is 5.97 Å². The van der Waals surface area contributed by atoms with Crippen LogP contribution < -0.4 is 0 Å². The summed E-state index contributed by atoms with van der Waals surface area (Å²) in [4.78, 5) is 11.1. The Morgan fingerprint density at radius 1 is 1.24 bits per heavy atom. The van der Waals surface area contributed by atoms with Crippen molar-refractivity contribution in [3.63, 3.8) is 0 Å². The highest BCUT2D eigenvalue weighted by Crippen LogP contribution is 2.29. The van der Waals surface area contributed by atoms with E-state index in [2.05, 4.69) is 0 Å². The maximum atomic E-state index is 11.1. The number of carbonyl (C=O) groups is 1. The zero-order valence-electron chi connectivity index (χ0n) is 9.81. The van der Waals surface area contributed by atoms with Gasteiger partial charge in [-0.25, -0.2) is 4.79 Å². The fraction of sp³-hybridized carbons (Fsp3) is 0.214. The first kappa shape index (κ1) is 11.5. The van der Waals surface area contributed by atoms with Crippen LogP contribution in [-0.4, -0.2) is 11.1 Å².